The monoisotopic (exact) mass is 317 g/mol. The second-order valence-corrected chi connectivity index (χ2v) is 5.49. The van der Waals surface area contributed by atoms with Gasteiger partial charge in [-0.3, -0.25) is 0 Å². The fourth-order valence-corrected chi connectivity index (χ4v) is 2.64. The van der Waals surface area contributed by atoms with Gasteiger partial charge in [-0.15, -0.1) is 0 Å². The van der Waals surface area contributed by atoms with Crippen LogP contribution in [-0.2, 0) is 6.42 Å². The van der Waals surface area contributed by atoms with Crippen LogP contribution in [0.4, 0.5) is 4.39 Å². The van der Waals surface area contributed by atoms with Crippen LogP contribution in [0.5, 0.6) is 0 Å². The molecular weight excluding hydrogens is 308 g/mol. The molecule has 5 heteroatoms. The maximum Gasteiger partial charge on any atom is 0.127 e. The van der Waals surface area contributed by atoms with Crippen molar-refractivity contribution in [3.05, 3.63) is 68.4 Å². The highest BCUT2D eigenvalue weighted by Crippen LogP contribution is 2.27. The van der Waals surface area contributed by atoms with Crippen molar-refractivity contribution in [3.63, 3.8) is 0 Å². The Morgan fingerprint density at radius 1 is 1.05 bits per heavy atom. The van der Waals surface area contributed by atoms with Gasteiger partial charge < -0.3 is 5.73 Å². The molecule has 19 heavy (non-hydrogen) atoms. The molecule has 1 atom stereocenters. The standard InChI is InChI=1S/C14H11Cl3FN/c15-9-4-8(5-10(16)6-9)14(19)7-11-12(17)2-1-3-13(11)18/h1-6,14H,7,19H2. The molecule has 0 heterocycles. The largest absolute Gasteiger partial charge is 0.324 e. The van der Waals surface area contributed by atoms with E-state index in [0.29, 0.717) is 20.6 Å². The van der Waals surface area contributed by atoms with Gasteiger partial charge in [-0.25, -0.2) is 4.39 Å². The molecule has 2 aromatic rings. The minimum absolute atomic E-state index is 0.280. The van der Waals surface area contributed by atoms with Crippen LogP contribution in [0.1, 0.15) is 17.2 Å². The third-order valence-corrected chi connectivity index (χ3v) is 3.59. The van der Waals surface area contributed by atoms with Gasteiger partial charge in [0.25, 0.3) is 0 Å². The molecule has 2 N–H and O–H groups in total. The lowest BCUT2D eigenvalue weighted by Crippen LogP contribution is -2.14. The van der Waals surface area contributed by atoms with E-state index in [1.165, 1.54) is 6.07 Å². The van der Waals surface area contributed by atoms with Crippen molar-refractivity contribution in [2.24, 2.45) is 5.73 Å². The third-order valence-electron chi connectivity index (χ3n) is 2.80. The highest BCUT2D eigenvalue weighted by atomic mass is 35.5. The first kappa shape index (κ1) is 14.6. The molecule has 2 aromatic carbocycles. The highest BCUT2D eigenvalue weighted by molar-refractivity contribution is 6.34. The molecule has 100 valence electrons. The van der Waals surface area contributed by atoms with Crippen LogP contribution in [0.15, 0.2) is 36.4 Å². The zero-order valence-electron chi connectivity index (χ0n) is 9.84. The predicted octanol–water partition coefficient (Wildman–Crippen LogP) is 5.03. The van der Waals surface area contributed by atoms with E-state index < -0.39 is 6.04 Å². The zero-order chi connectivity index (χ0) is 14.0. The molecule has 0 aliphatic heterocycles. The number of rotatable bonds is 3. The average Bonchev–Trinajstić information content (AvgIpc) is 2.32. The lowest BCUT2D eigenvalue weighted by molar-refractivity contribution is 0.593. The van der Waals surface area contributed by atoms with Gasteiger partial charge in [0, 0.05) is 26.7 Å². The molecule has 2 rings (SSSR count). The predicted molar refractivity (Wildman–Crippen MR) is 78.5 cm³/mol. The maximum atomic E-state index is 13.7. The Hall–Kier alpha value is -0.800. The molecule has 0 radical (unpaired) electrons. The Bertz CT molecular complexity index is 561. The fraction of sp³-hybridized carbons (Fsp3) is 0.143. The summed E-state index contributed by atoms with van der Waals surface area (Å²) in [7, 11) is 0. The van der Waals surface area contributed by atoms with E-state index in [1.807, 2.05) is 0 Å². The molecule has 0 aromatic heterocycles. The third kappa shape index (κ3) is 3.61. The quantitative estimate of drug-likeness (QED) is 0.844. The number of nitrogens with two attached hydrogens (primary N) is 1. The first-order valence-corrected chi connectivity index (χ1v) is 6.75. The first-order valence-electron chi connectivity index (χ1n) is 5.62. The van der Waals surface area contributed by atoms with E-state index in [1.54, 1.807) is 30.3 Å². The molecule has 0 aliphatic rings. The Kier molecular flexibility index (Phi) is 4.69. The van der Waals surface area contributed by atoms with Gasteiger partial charge in [-0.2, -0.15) is 0 Å². The van der Waals surface area contributed by atoms with Crippen molar-refractivity contribution in [1.29, 1.82) is 0 Å². The van der Waals surface area contributed by atoms with Gasteiger partial charge >= 0.3 is 0 Å². The van der Waals surface area contributed by atoms with Crippen molar-refractivity contribution >= 4 is 34.8 Å². The lowest BCUT2D eigenvalue weighted by Gasteiger charge is -2.14. The van der Waals surface area contributed by atoms with Crippen molar-refractivity contribution in [3.8, 4) is 0 Å². The maximum absolute atomic E-state index is 13.7. The molecule has 0 amide bonds. The van der Waals surface area contributed by atoms with Gasteiger partial charge in [0.15, 0.2) is 0 Å². The molecule has 0 saturated heterocycles. The van der Waals surface area contributed by atoms with Gasteiger partial charge in [0.05, 0.1) is 0 Å². The molecule has 0 bridgehead atoms. The van der Waals surface area contributed by atoms with E-state index in [0.717, 1.165) is 5.56 Å². The SMILES string of the molecule is NC(Cc1c(F)cccc1Cl)c1cc(Cl)cc(Cl)c1. The fourth-order valence-electron chi connectivity index (χ4n) is 1.85. The Morgan fingerprint density at radius 3 is 2.26 bits per heavy atom. The van der Waals surface area contributed by atoms with E-state index >= 15 is 0 Å². The van der Waals surface area contributed by atoms with Crippen molar-refractivity contribution in [2.45, 2.75) is 12.5 Å². The molecule has 0 fully saturated rings. The van der Waals surface area contributed by atoms with E-state index in [-0.39, 0.29) is 12.2 Å². The van der Waals surface area contributed by atoms with Crippen LogP contribution in [-0.4, -0.2) is 0 Å². The van der Waals surface area contributed by atoms with Crippen molar-refractivity contribution in [1.82, 2.24) is 0 Å². The Labute approximate surface area is 126 Å². The van der Waals surface area contributed by atoms with Gasteiger partial charge in [-0.05, 0) is 42.3 Å². The summed E-state index contributed by atoms with van der Waals surface area (Å²) < 4.78 is 13.7. The van der Waals surface area contributed by atoms with Gasteiger partial charge in [0.2, 0.25) is 0 Å². The number of hydrogen-bond donors (Lipinski definition) is 1. The number of hydrogen-bond acceptors (Lipinski definition) is 1. The average molecular weight is 319 g/mol. The molecule has 0 saturated carbocycles. The smallest absolute Gasteiger partial charge is 0.127 e. The summed E-state index contributed by atoms with van der Waals surface area (Å²) in [6.45, 7) is 0. The molecular formula is C14H11Cl3FN. The Balaban J connectivity index is 2.28. The summed E-state index contributed by atoms with van der Waals surface area (Å²) >= 11 is 17.8. The normalized spacial score (nSPS) is 12.5. The van der Waals surface area contributed by atoms with Crippen LogP contribution in [0, 0.1) is 5.82 Å². The minimum Gasteiger partial charge on any atom is -0.324 e. The lowest BCUT2D eigenvalue weighted by atomic mass is 9.99. The summed E-state index contributed by atoms with van der Waals surface area (Å²) in [5, 5.41) is 1.36. The van der Waals surface area contributed by atoms with Crippen LogP contribution >= 0.6 is 34.8 Å². The van der Waals surface area contributed by atoms with Crippen LogP contribution in [0.25, 0.3) is 0 Å². The van der Waals surface area contributed by atoms with Crippen LogP contribution in [0.2, 0.25) is 15.1 Å². The first-order chi connectivity index (χ1) is 8.97. The summed E-state index contributed by atoms with van der Waals surface area (Å²) in [6.07, 6.45) is 0.280. The van der Waals surface area contributed by atoms with Gasteiger partial charge in [-0.1, -0.05) is 40.9 Å². The van der Waals surface area contributed by atoms with Crippen LogP contribution in [0.3, 0.4) is 0 Å². The summed E-state index contributed by atoms with van der Waals surface area (Å²) in [5.41, 5.74) is 7.20. The highest BCUT2D eigenvalue weighted by Gasteiger charge is 2.14. The molecule has 0 aliphatic carbocycles. The summed E-state index contributed by atoms with van der Waals surface area (Å²) in [6, 6.07) is 9.18. The summed E-state index contributed by atoms with van der Waals surface area (Å²) in [4.78, 5) is 0. The molecule has 1 nitrogen and oxygen atoms in total. The Morgan fingerprint density at radius 2 is 1.68 bits per heavy atom. The molecule has 0 spiro atoms. The zero-order valence-corrected chi connectivity index (χ0v) is 12.1. The summed E-state index contributed by atoms with van der Waals surface area (Å²) in [5.74, 6) is -0.365. The minimum atomic E-state index is -0.425. The van der Waals surface area contributed by atoms with Crippen LogP contribution < -0.4 is 5.73 Å². The topological polar surface area (TPSA) is 26.0 Å². The number of halogens is 4. The van der Waals surface area contributed by atoms with Crippen molar-refractivity contribution < 1.29 is 4.39 Å². The second-order valence-electron chi connectivity index (χ2n) is 4.21. The number of benzene rings is 2. The van der Waals surface area contributed by atoms with E-state index in [2.05, 4.69) is 0 Å². The van der Waals surface area contributed by atoms with Crippen molar-refractivity contribution in [2.75, 3.05) is 0 Å². The molecule has 1 unspecified atom stereocenters. The van der Waals surface area contributed by atoms with E-state index in [9.17, 15) is 4.39 Å². The second kappa shape index (κ2) is 6.10. The van der Waals surface area contributed by atoms with Gasteiger partial charge in [0.1, 0.15) is 5.82 Å². The van der Waals surface area contributed by atoms with E-state index in [4.69, 9.17) is 40.5 Å².